The molecule has 1 aliphatic carbocycles. The zero-order valence-electron chi connectivity index (χ0n) is 13.1. The molecular weight excluding hydrogens is 282 g/mol. The number of methoxy groups -OCH3 is 1. The SMILES string of the molecule is COCCC1CCC1.O=C(NO)c1cnc2c(c1)CCNC2. The number of nitrogens with zero attached hydrogens (tertiary/aromatic N) is 1. The number of fused-ring (bicyclic) bond motifs is 1. The molecule has 0 bridgehead atoms. The van der Waals surface area contributed by atoms with Crippen LogP contribution in [0.3, 0.4) is 0 Å². The van der Waals surface area contributed by atoms with Gasteiger partial charge < -0.3 is 10.1 Å². The summed E-state index contributed by atoms with van der Waals surface area (Å²) < 4.78 is 4.95. The van der Waals surface area contributed by atoms with Gasteiger partial charge in [-0.05, 0) is 36.9 Å². The van der Waals surface area contributed by atoms with Crippen LogP contribution in [0.25, 0.3) is 0 Å². The molecule has 1 aromatic rings. The second-order valence-corrected chi connectivity index (χ2v) is 5.78. The van der Waals surface area contributed by atoms with E-state index in [0.717, 1.165) is 43.3 Å². The van der Waals surface area contributed by atoms with Gasteiger partial charge in [0, 0.05) is 26.5 Å². The van der Waals surface area contributed by atoms with Crippen molar-refractivity contribution in [2.24, 2.45) is 5.92 Å². The lowest BCUT2D eigenvalue weighted by atomic mass is 9.83. The van der Waals surface area contributed by atoms with Gasteiger partial charge >= 0.3 is 0 Å². The highest BCUT2D eigenvalue weighted by molar-refractivity contribution is 5.93. The van der Waals surface area contributed by atoms with Crippen molar-refractivity contribution < 1.29 is 14.7 Å². The van der Waals surface area contributed by atoms with Crippen LogP contribution in [0, 0.1) is 5.92 Å². The molecule has 6 nitrogen and oxygen atoms in total. The molecule has 1 fully saturated rings. The van der Waals surface area contributed by atoms with Crippen LogP contribution in [-0.4, -0.2) is 36.4 Å². The first-order valence-corrected chi connectivity index (χ1v) is 7.86. The maximum absolute atomic E-state index is 11.1. The van der Waals surface area contributed by atoms with E-state index in [9.17, 15) is 4.79 Å². The Morgan fingerprint density at radius 2 is 2.36 bits per heavy atom. The molecule has 2 aliphatic rings. The van der Waals surface area contributed by atoms with E-state index in [1.165, 1.54) is 31.9 Å². The van der Waals surface area contributed by atoms with Crippen molar-refractivity contribution in [3.05, 3.63) is 29.1 Å². The number of pyridine rings is 1. The van der Waals surface area contributed by atoms with Crippen LogP contribution in [-0.2, 0) is 17.7 Å². The summed E-state index contributed by atoms with van der Waals surface area (Å²) in [4.78, 5) is 15.2. The number of rotatable bonds is 4. The van der Waals surface area contributed by atoms with E-state index < -0.39 is 5.91 Å². The molecule has 22 heavy (non-hydrogen) atoms. The van der Waals surface area contributed by atoms with Gasteiger partial charge in [-0.15, -0.1) is 0 Å². The Hall–Kier alpha value is -1.50. The van der Waals surface area contributed by atoms with Crippen LogP contribution in [0.5, 0.6) is 0 Å². The quantitative estimate of drug-likeness (QED) is 0.582. The first kappa shape index (κ1) is 16.9. The lowest BCUT2D eigenvalue weighted by molar-refractivity contribution is 0.0705. The first-order chi connectivity index (χ1) is 10.7. The van der Waals surface area contributed by atoms with Crippen LogP contribution >= 0.6 is 0 Å². The second-order valence-electron chi connectivity index (χ2n) is 5.78. The zero-order chi connectivity index (χ0) is 15.8. The van der Waals surface area contributed by atoms with Gasteiger partial charge in [0.05, 0.1) is 11.3 Å². The van der Waals surface area contributed by atoms with E-state index in [4.69, 9.17) is 9.94 Å². The van der Waals surface area contributed by atoms with Crippen molar-refractivity contribution in [2.75, 3.05) is 20.3 Å². The number of carbonyl (C=O) groups is 1. The Labute approximate surface area is 131 Å². The fourth-order valence-electron chi connectivity index (χ4n) is 2.60. The van der Waals surface area contributed by atoms with E-state index in [0.29, 0.717) is 5.56 Å². The summed E-state index contributed by atoms with van der Waals surface area (Å²) in [5, 5.41) is 11.6. The maximum Gasteiger partial charge on any atom is 0.276 e. The lowest BCUT2D eigenvalue weighted by Gasteiger charge is -2.24. The van der Waals surface area contributed by atoms with Crippen LogP contribution in [0.1, 0.15) is 47.3 Å². The van der Waals surface area contributed by atoms with Gasteiger partial charge in [0.1, 0.15) is 0 Å². The smallest absolute Gasteiger partial charge is 0.276 e. The number of carbonyl (C=O) groups excluding carboxylic acids is 1. The fourth-order valence-corrected chi connectivity index (χ4v) is 2.60. The van der Waals surface area contributed by atoms with Gasteiger partial charge in [0.15, 0.2) is 0 Å². The summed E-state index contributed by atoms with van der Waals surface area (Å²) >= 11 is 0. The van der Waals surface area contributed by atoms with Crippen molar-refractivity contribution in [1.29, 1.82) is 0 Å². The average molecular weight is 307 g/mol. The molecule has 3 rings (SSSR count). The summed E-state index contributed by atoms with van der Waals surface area (Å²) in [7, 11) is 1.78. The van der Waals surface area contributed by atoms with Crippen molar-refractivity contribution >= 4 is 5.91 Å². The van der Waals surface area contributed by atoms with Gasteiger partial charge in [-0.2, -0.15) is 0 Å². The molecule has 0 saturated heterocycles. The monoisotopic (exact) mass is 307 g/mol. The Bertz CT molecular complexity index is 490. The lowest BCUT2D eigenvalue weighted by Crippen LogP contribution is -2.26. The number of hydroxylamine groups is 1. The molecule has 0 radical (unpaired) electrons. The van der Waals surface area contributed by atoms with Crippen LogP contribution in [0.4, 0.5) is 0 Å². The maximum atomic E-state index is 11.1. The molecule has 3 N–H and O–H groups in total. The molecule has 6 heteroatoms. The summed E-state index contributed by atoms with van der Waals surface area (Å²) in [6.07, 6.45) is 7.98. The molecule has 0 aromatic carbocycles. The highest BCUT2D eigenvalue weighted by Gasteiger charge is 2.16. The highest BCUT2D eigenvalue weighted by atomic mass is 16.5. The van der Waals surface area contributed by atoms with Crippen molar-refractivity contribution in [2.45, 2.75) is 38.6 Å². The van der Waals surface area contributed by atoms with E-state index in [1.807, 2.05) is 0 Å². The summed E-state index contributed by atoms with van der Waals surface area (Å²) in [6, 6.07) is 1.77. The minimum Gasteiger partial charge on any atom is -0.385 e. The van der Waals surface area contributed by atoms with E-state index in [2.05, 4.69) is 10.3 Å². The zero-order valence-corrected chi connectivity index (χ0v) is 13.1. The molecule has 2 heterocycles. The van der Waals surface area contributed by atoms with Gasteiger partial charge in [-0.3, -0.25) is 15.0 Å². The van der Waals surface area contributed by atoms with Crippen LogP contribution < -0.4 is 10.8 Å². The molecule has 122 valence electrons. The third-order valence-corrected chi connectivity index (χ3v) is 4.24. The Kier molecular flexibility index (Phi) is 6.76. The van der Waals surface area contributed by atoms with Crippen molar-refractivity contribution in [3.8, 4) is 0 Å². The van der Waals surface area contributed by atoms with E-state index in [-0.39, 0.29) is 0 Å². The highest BCUT2D eigenvalue weighted by Crippen LogP contribution is 2.28. The Morgan fingerprint density at radius 3 is 3.00 bits per heavy atom. The number of amides is 1. The second kappa shape index (κ2) is 8.82. The van der Waals surface area contributed by atoms with Gasteiger partial charge in [0.2, 0.25) is 0 Å². The number of aromatic nitrogens is 1. The molecular formula is C16H25N3O3. The standard InChI is InChI=1S/C9H11N3O2.C7H14O/c13-9(12-14)7-3-6-1-2-10-5-8(6)11-4-7;1-8-6-5-7-3-2-4-7/h3-4,10,14H,1-2,5H2,(H,12,13);7H,2-6H2,1H3. The fraction of sp³-hybridized carbons (Fsp3) is 0.625. The molecule has 1 aromatic heterocycles. The third-order valence-electron chi connectivity index (χ3n) is 4.24. The topological polar surface area (TPSA) is 83.5 Å². The Balaban J connectivity index is 0.000000188. The van der Waals surface area contributed by atoms with Gasteiger partial charge in [-0.1, -0.05) is 19.3 Å². The number of hydrogen-bond donors (Lipinski definition) is 3. The van der Waals surface area contributed by atoms with E-state index in [1.54, 1.807) is 18.7 Å². The predicted molar refractivity (Wildman–Crippen MR) is 82.7 cm³/mol. The Morgan fingerprint density at radius 1 is 1.55 bits per heavy atom. The van der Waals surface area contributed by atoms with Crippen molar-refractivity contribution in [3.63, 3.8) is 0 Å². The minimum atomic E-state index is -0.515. The number of hydrogen-bond acceptors (Lipinski definition) is 5. The third kappa shape index (κ3) is 4.76. The number of nitrogens with one attached hydrogen (secondary N) is 2. The molecule has 1 amide bonds. The van der Waals surface area contributed by atoms with Gasteiger partial charge in [0.25, 0.3) is 5.91 Å². The van der Waals surface area contributed by atoms with Gasteiger partial charge in [-0.25, -0.2) is 5.48 Å². The summed E-state index contributed by atoms with van der Waals surface area (Å²) in [5.41, 5.74) is 4.04. The summed E-state index contributed by atoms with van der Waals surface area (Å²) in [6.45, 7) is 2.61. The molecule has 0 spiro atoms. The average Bonchev–Trinajstić information content (AvgIpc) is 2.53. The molecule has 0 atom stereocenters. The minimum absolute atomic E-state index is 0.396. The molecule has 1 aliphatic heterocycles. The largest absolute Gasteiger partial charge is 0.385 e. The molecule has 0 unspecified atom stereocenters. The number of ether oxygens (including phenoxy) is 1. The normalized spacial score (nSPS) is 16.8. The predicted octanol–water partition coefficient (Wildman–Crippen LogP) is 1.67. The molecule has 1 saturated carbocycles. The van der Waals surface area contributed by atoms with Crippen LogP contribution in [0.15, 0.2) is 12.3 Å². The van der Waals surface area contributed by atoms with Crippen LogP contribution in [0.2, 0.25) is 0 Å². The van der Waals surface area contributed by atoms with Crippen molar-refractivity contribution in [1.82, 2.24) is 15.8 Å². The first-order valence-electron chi connectivity index (χ1n) is 7.86. The van der Waals surface area contributed by atoms with E-state index >= 15 is 0 Å². The summed E-state index contributed by atoms with van der Waals surface area (Å²) in [5.74, 6) is 0.494.